The summed E-state index contributed by atoms with van der Waals surface area (Å²) < 4.78 is 5.14. The van der Waals surface area contributed by atoms with E-state index < -0.39 is 0 Å². The van der Waals surface area contributed by atoms with E-state index in [0.717, 1.165) is 40.9 Å². The summed E-state index contributed by atoms with van der Waals surface area (Å²) in [5.41, 5.74) is 7.94. The van der Waals surface area contributed by atoms with Crippen LogP contribution in [0.25, 0.3) is 10.2 Å². The maximum Gasteiger partial charge on any atom is 0.259 e. The Kier molecular flexibility index (Phi) is 5.41. The number of nitrogens with two attached hydrogens (primary N) is 1. The van der Waals surface area contributed by atoms with Crippen LogP contribution >= 0.6 is 23.1 Å². The van der Waals surface area contributed by atoms with Crippen LogP contribution in [0.4, 0.5) is 5.69 Å². The second-order valence-corrected chi connectivity index (χ2v) is 9.06. The zero-order valence-corrected chi connectivity index (χ0v) is 17.5. The van der Waals surface area contributed by atoms with Gasteiger partial charge >= 0.3 is 0 Å². The lowest BCUT2D eigenvalue weighted by Crippen LogP contribution is -2.15. The molecule has 4 rings (SSSR count). The van der Waals surface area contributed by atoms with Gasteiger partial charge in [-0.2, -0.15) is 0 Å². The fraction of sp³-hybridized carbons (Fsp3) is 0.350. The number of benzene rings is 1. The summed E-state index contributed by atoms with van der Waals surface area (Å²) in [5.74, 6) is 2.54. The molecule has 8 heteroatoms. The third-order valence-corrected chi connectivity index (χ3v) is 6.84. The van der Waals surface area contributed by atoms with Crippen LogP contribution in [0.1, 0.15) is 29.6 Å². The van der Waals surface area contributed by atoms with Crippen LogP contribution in [0.5, 0.6) is 5.75 Å². The van der Waals surface area contributed by atoms with Crippen LogP contribution in [-0.2, 0) is 18.6 Å². The lowest BCUT2D eigenvalue weighted by Gasteiger charge is -2.17. The number of rotatable bonds is 4. The minimum atomic E-state index is -0.0432. The summed E-state index contributed by atoms with van der Waals surface area (Å²) in [4.78, 5) is 26.8. The number of ether oxygens (including phenoxy) is 1. The molecule has 3 N–H and O–H groups in total. The molecule has 0 bridgehead atoms. The van der Waals surface area contributed by atoms with Gasteiger partial charge in [0, 0.05) is 4.88 Å². The number of H-pyrrole nitrogens is 1. The van der Waals surface area contributed by atoms with Gasteiger partial charge in [-0.05, 0) is 55.0 Å². The first-order chi connectivity index (χ1) is 13.5. The van der Waals surface area contributed by atoms with Crippen LogP contribution in [0.2, 0.25) is 0 Å². The number of methoxy groups -OCH3 is 1. The van der Waals surface area contributed by atoms with Gasteiger partial charge in [0.05, 0.1) is 23.9 Å². The average molecular weight is 415 g/mol. The van der Waals surface area contributed by atoms with Crippen molar-refractivity contribution in [2.24, 2.45) is 16.6 Å². The van der Waals surface area contributed by atoms with E-state index in [1.54, 1.807) is 18.4 Å². The van der Waals surface area contributed by atoms with E-state index in [9.17, 15) is 4.79 Å². The van der Waals surface area contributed by atoms with E-state index in [1.165, 1.54) is 22.2 Å². The summed E-state index contributed by atoms with van der Waals surface area (Å²) in [6.45, 7) is 2.26. The van der Waals surface area contributed by atoms with Gasteiger partial charge in [-0.15, -0.1) is 11.3 Å². The van der Waals surface area contributed by atoms with Crippen LogP contribution < -0.4 is 16.0 Å². The molecule has 1 aliphatic carbocycles. The van der Waals surface area contributed by atoms with Crippen molar-refractivity contribution in [3.05, 3.63) is 50.9 Å². The van der Waals surface area contributed by atoms with Gasteiger partial charge in [0.2, 0.25) is 0 Å². The number of hydrogen-bond donors (Lipinski definition) is 2. The number of fused-ring (bicyclic) bond motifs is 3. The van der Waals surface area contributed by atoms with Crippen LogP contribution in [-0.4, -0.2) is 22.2 Å². The van der Waals surface area contributed by atoms with E-state index >= 15 is 0 Å². The van der Waals surface area contributed by atoms with Gasteiger partial charge in [-0.25, -0.2) is 9.98 Å². The van der Waals surface area contributed by atoms with Gasteiger partial charge in [0.15, 0.2) is 5.17 Å². The van der Waals surface area contributed by atoms with Crippen LogP contribution in [0, 0.1) is 5.92 Å². The van der Waals surface area contributed by atoms with Crippen molar-refractivity contribution in [2.45, 2.75) is 31.9 Å². The molecule has 0 saturated heterocycles. The van der Waals surface area contributed by atoms with E-state index in [2.05, 4.69) is 21.9 Å². The molecule has 2 heterocycles. The first kappa shape index (κ1) is 19.0. The third kappa shape index (κ3) is 3.93. The summed E-state index contributed by atoms with van der Waals surface area (Å²) in [6.07, 6.45) is 3.15. The molecule has 2 aromatic heterocycles. The Hall–Kier alpha value is -2.32. The molecular formula is C20H22N4O2S2. The number of aliphatic imine (C=N–C) groups is 1. The van der Waals surface area contributed by atoms with Crippen molar-refractivity contribution in [1.29, 1.82) is 0 Å². The van der Waals surface area contributed by atoms with Gasteiger partial charge < -0.3 is 15.5 Å². The molecule has 0 amide bonds. The summed E-state index contributed by atoms with van der Waals surface area (Å²) >= 11 is 3.01. The highest BCUT2D eigenvalue weighted by Crippen LogP contribution is 2.35. The molecule has 1 aliphatic rings. The fourth-order valence-corrected chi connectivity index (χ4v) is 5.41. The highest BCUT2D eigenvalue weighted by Gasteiger charge is 2.23. The maximum atomic E-state index is 12.6. The van der Waals surface area contributed by atoms with Crippen molar-refractivity contribution in [3.8, 4) is 5.75 Å². The Balaban J connectivity index is 1.51. The molecule has 6 nitrogen and oxygen atoms in total. The number of nitrogens with one attached hydrogen (secondary N) is 1. The van der Waals surface area contributed by atoms with E-state index in [-0.39, 0.29) is 5.56 Å². The standard InChI is InChI=1S/C20H22N4O2S2/c1-11-3-8-14-15(9-11)28-19-17(14)18(25)23-16(24-19)10-27-20(21)22-12-4-6-13(26-2)7-5-12/h4-7,11H,3,8-10H2,1-2H3,(H2,21,22)(H,23,24,25)/t11-/m1/s1. The number of aryl methyl sites for hydroxylation is 1. The fourth-order valence-electron chi connectivity index (χ4n) is 3.42. The number of aromatic nitrogens is 2. The highest BCUT2D eigenvalue weighted by atomic mass is 32.2. The molecule has 0 unspecified atom stereocenters. The summed E-state index contributed by atoms with van der Waals surface area (Å²) in [6, 6.07) is 7.36. The van der Waals surface area contributed by atoms with Crippen LogP contribution in [0.15, 0.2) is 34.1 Å². The Morgan fingerprint density at radius 1 is 1.43 bits per heavy atom. The molecule has 1 atom stereocenters. The SMILES string of the molecule is COc1ccc(N=C(N)SCc2nc3sc4c(c3c(=O)[nH]2)CC[C@@H](C)C4)cc1. The first-order valence-electron chi connectivity index (χ1n) is 9.18. The molecule has 1 aromatic carbocycles. The second-order valence-electron chi connectivity index (χ2n) is 6.98. The molecule has 0 spiro atoms. The quantitative estimate of drug-likeness (QED) is 0.497. The minimum Gasteiger partial charge on any atom is -0.497 e. The van der Waals surface area contributed by atoms with Crippen molar-refractivity contribution in [2.75, 3.05) is 7.11 Å². The maximum absolute atomic E-state index is 12.6. The molecule has 3 aromatic rings. The Bertz CT molecular complexity index is 1090. The van der Waals surface area contributed by atoms with Gasteiger partial charge in [-0.1, -0.05) is 18.7 Å². The molecule has 0 radical (unpaired) electrons. The summed E-state index contributed by atoms with van der Waals surface area (Å²) in [5, 5.41) is 1.20. The predicted octanol–water partition coefficient (Wildman–Crippen LogP) is 4.00. The van der Waals surface area contributed by atoms with E-state index in [4.69, 9.17) is 10.5 Å². The Morgan fingerprint density at radius 3 is 2.96 bits per heavy atom. The summed E-state index contributed by atoms with van der Waals surface area (Å²) in [7, 11) is 1.62. The first-order valence-corrected chi connectivity index (χ1v) is 11.0. The second kappa shape index (κ2) is 7.97. The molecule has 0 aliphatic heterocycles. The largest absolute Gasteiger partial charge is 0.497 e. The van der Waals surface area contributed by atoms with Crippen molar-refractivity contribution in [3.63, 3.8) is 0 Å². The molecule has 146 valence electrons. The number of hydrogen-bond acceptors (Lipinski definition) is 6. The lowest BCUT2D eigenvalue weighted by molar-refractivity contribution is 0.415. The van der Waals surface area contributed by atoms with Crippen LogP contribution in [0.3, 0.4) is 0 Å². The topological polar surface area (TPSA) is 93.4 Å². The minimum absolute atomic E-state index is 0.0432. The number of nitrogens with zero attached hydrogens (tertiary/aromatic N) is 2. The molecule has 28 heavy (non-hydrogen) atoms. The van der Waals surface area contributed by atoms with Gasteiger partial charge in [-0.3, -0.25) is 4.79 Å². The zero-order chi connectivity index (χ0) is 19.7. The molecular weight excluding hydrogens is 392 g/mol. The number of aromatic amines is 1. The zero-order valence-electron chi connectivity index (χ0n) is 15.8. The molecule has 0 fully saturated rings. The Morgan fingerprint density at radius 2 is 2.21 bits per heavy atom. The van der Waals surface area contributed by atoms with Gasteiger partial charge in [0.25, 0.3) is 5.56 Å². The van der Waals surface area contributed by atoms with Crippen molar-refractivity contribution >= 4 is 44.2 Å². The third-order valence-electron chi connectivity index (χ3n) is 4.88. The Labute approximate surface area is 171 Å². The smallest absolute Gasteiger partial charge is 0.259 e. The monoisotopic (exact) mass is 414 g/mol. The molecule has 0 saturated carbocycles. The predicted molar refractivity (Wildman–Crippen MR) is 117 cm³/mol. The number of thiophene rings is 1. The number of amidine groups is 1. The number of thioether (sulfide) groups is 1. The van der Waals surface area contributed by atoms with Crippen molar-refractivity contribution in [1.82, 2.24) is 9.97 Å². The highest BCUT2D eigenvalue weighted by molar-refractivity contribution is 8.13. The normalized spacial score (nSPS) is 16.9. The lowest BCUT2D eigenvalue weighted by atomic mass is 9.89. The van der Waals surface area contributed by atoms with Gasteiger partial charge in [0.1, 0.15) is 16.4 Å². The van der Waals surface area contributed by atoms with Crippen molar-refractivity contribution < 1.29 is 4.74 Å². The van der Waals surface area contributed by atoms with E-state index in [0.29, 0.717) is 22.7 Å². The van der Waals surface area contributed by atoms with E-state index in [1.807, 2.05) is 24.3 Å². The average Bonchev–Trinajstić information content (AvgIpc) is 3.04.